The van der Waals surface area contributed by atoms with Crippen molar-refractivity contribution in [2.75, 3.05) is 20.8 Å². The van der Waals surface area contributed by atoms with Crippen molar-refractivity contribution in [3.05, 3.63) is 29.8 Å². The van der Waals surface area contributed by atoms with Gasteiger partial charge in [-0.2, -0.15) is 0 Å². The van der Waals surface area contributed by atoms with Crippen LogP contribution in [0, 0.1) is 0 Å². The van der Waals surface area contributed by atoms with Crippen LogP contribution in [-0.4, -0.2) is 20.8 Å². The molecule has 0 aromatic heterocycles. The van der Waals surface area contributed by atoms with Crippen LogP contribution in [0.1, 0.15) is 5.56 Å². The molecule has 0 heterocycles. The van der Waals surface area contributed by atoms with Crippen molar-refractivity contribution >= 4 is 0 Å². The Morgan fingerprint density at radius 1 is 1.23 bits per heavy atom. The number of methoxy groups -OCH3 is 1. The lowest BCUT2D eigenvalue weighted by atomic mass is 10.2. The lowest BCUT2D eigenvalue weighted by molar-refractivity contribution is 0.414. The summed E-state index contributed by atoms with van der Waals surface area (Å²) in [5.41, 5.74) is 1.26. The van der Waals surface area contributed by atoms with Gasteiger partial charge in [0.05, 0.1) is 7.11 Å². The minimum absolute atomic E-state index is 0.825. The smallest absolute Gasteiger partial charge is 0.118 e. The first-order valence-corrected chi connectivity index (χ1v) is 4.35. The van der Waals surface area contributed by atoms with E-state index in [1.54, 1.807) is 7.11 Å². The minimum Gasteiger partial charge on any atom is -0.497 e. The van der Waals surface area contributed by atoms with E-state index in [2.05, 4.69) is 22.8 Å². The molecule has 0 aliphatic rings. The summed E-state index contributed by atoms with van der Waals surface area (Å²) in [7, 11) is 3.59. The summed E-state index contributed by atoms with van der Waals surface area (Å²) < 4.78 is 5.06. The largest absolute Gasteiger partial charge is 0.497 e. The molecular formula is C10H16N2O. The van der Waals surface area contributed by atoms with Crippen molar-refractivity contribution in [3.8, 4) is 5.75 Å². The van der Waals surface area contributed by atoms with Crippen LogP contribution < -0.4 is 15.4 Å². The molecule has 3 heteroatoms. The number of benzene rings is 1. The fraction of sp³-hybridized carbons (Fsp3) is 0.400. The summed E-state index contributed by atoms with van der Waals surface area (Å²) in [5, 5.41) is 6.26. The van der Waals surface area contributed by atoms with Crippen LogP contribution in [-0.2, 0) is 6.54 Å². The SMILES string of the molecule is CNCNCc1ccc(OC)cc1. The molecule has 1 aromatic carbocycles. The molecule has 0 fully saturated rings. The van der Waals surface area contributed by atoms with Gasteiger partial charge in [0.15, 0.2) is 0 Å². The summed E-state index contributed by atoms with van der Waals surface area (Å²) in [6.45, 7) is 1.71. The minimum atomic E-state index is 0.825. The Morgan fingerprint density at radius 2 is 1.92 bits per heavy atom. The van der Waals surface area contributed by atoms with E-state index in [1.165, 1.54) is 5.56 Å². The maximum atomic E-state index is 5.06. The Bertz CT molecular complexity index is 233. The van der Waals surface area contributed by atoms with Gasteiger partial charge in [0.2, 0.25) is 0 Å². The standard InChI is InChI=1S/C10H16N2O/c1-11-8-12-7-9-3-5-10(13-2)6-4-9/h3-6,11-12H,7-8H2,1-2H3. The van der Waals surface area contributed by atoms with E-state index in [-0.39, 0.29) is 0 Å². The molecule has 0 amide bonds. The molecule has 0 saturated carbocycles. The van der Waals surface area contributed by atoms with Gasteiger partial charge in [-0.3, -0.25) is 0 Å². The normalized spacial score (nSPS) is 10.0. The Labute approximate surface area is 79.1 Å². The summed E-state index contributed by atoms with van der Waals surface area (Å²) >= 11 is 0. The van der Waals surface area contributed by atoms with Crippen molar-refractivity contribution < 1.29 is 4.74 Å². The molecule has 1 aromatic rings. The first-order chi connectivity index (χ1) is 6.36. The van der Waals surface area contributed by atoms with Crippen LogP contribution in [0.2, 0.25) is 0 Å². The van der Waals surface area contributed by atoms with Crippen LogP contribution in [0.15, 0.2) is 24.3 Å². The molecule has 2 N–H and O–H groups in total. The molecular weight excluding hydrogens is 164 g/mol. The van der Waals surface area contributed by atoms with E-state index >= 15 is 0 Å². The van der Waals surface area contributed by atoms with Crippen LogP contribution in [0.25, 0.3) is 0 Å². The molecule has 0 radical (unpaired) electrons. The highest BCUT2D eigenvalue weighted by molar-refractivity contribution is 5.26. The third-order valence-corrected chi connectivity index (χ3v) is 1.79. The second-order valence-corrected chi connectivity index (χ2v) is 2.81. The predicted octanol–water partition coefficient (Wildman–Crippen LogP) is 0.962. The Hall–Kier alpha value is -1.06. The van der Waals surface area contributed by atoms with Gasteiger partial charge in [-0.15, -0.1) is 0 Å². The van der Waals surface area contributed by atoms with Crippen LogP contribution in [0.3, 0.4) is 0 Å². The Morgan fingerprint density at radius 3 is 2.46 bits per heavy atom. The summed E-state index contributed by atoms with van der Waals surface area (Å²) in [5.74, 6) is 0.900. The van der Waals surface area contributed by atoms with Crippen LogP contribution >= 0.6 is 0 Å². The molecule has 3 nitrogen and oxygen atoms in total. The van der Waals surface area contributed by atoms with Crippen molar-refractivity contribution in [1.82, 2.24) is 10.6 Å². The fourth-order valence-corrected chi connectivity index (χ4v) is 1.08. The van der Waals surface area contributed by atoms with Crippen molar-refractivity contribution in [1.29, 1.82) is 0 Å². The van der Waals surface area contributed by atoms with Crippen molar-refractivity contribution in [3.63, 3.8) is 0 Å². The van der Waals surface area contributed by atoms with Gasteiger partial charge in [-0.1, -0.05) is 12.1 Å². The zero-order valence-electron chi connectivity index (χ0n) is 8.13. The third-order valence-electron chi connectivity index (χ3n) is 1.79. The highest BCUT2D eigenvalue weighted by Crippen LogP contribution is 2.10. The van der Waals surface area contributed by atoms with E-state index < -0.39 is 0 Å². The zero-order chi connectivity index (χ0) is 9.52. The van der Waals surface area contributed by atoms with E-state index in [0.29, 0.717) is 0 Å². The van der Waals surface area contributed by atoms with Crippen molar-refractivity contribution in [2.24, 2.45) is 0 Å². The van der Waals surface area contributed by atoms with Gasteiger partial charge < -0.3 is 15.4 Å². The maximum absolute atomic E-state index is 5.06. The molecule has 0 bridgehead atoms. The Balaban J connectivity index is 2.40. The van der Waals surface area contributed by atoms with E-state index in [0.717, 1.165) is 19.0 Å². The Kier molecular flexibility index (Phi) is 4.29. The first-order valence-electron chi connectivity index (χ1n) is 4.35. The second kappa shape index (κ2) is 5.56. The maximum Gasteiger partial charge on any atom is 0.118 e. The molecule has 1 rings (SSSR count). The molecule has 72 valence electrons. The van der Waals surface area contributed by atoms with Gasteiger partial charge in [0, 0.05) is 13.2 Å². The molecule has 0 aliphatic carbocycles. The summed E-state index contributed by atoms with van der Waals surface area (Å²) in [4.78, 5) is 0. The third kappa shape index (κ3) is 3.44. The molecule has 13 heavy (non-hydrogen) atoms. The lowest BCUT2D eigenvalue weighted by Gasteiger charge is -2.04. The van der Waals surface area contributed by atoms with Gasteiger partial charge >= 0.3 is 0 Å². The highest BCUT2D eigenvalue weighted by Gasteiger charge is 1.92. The van der Waals surface area contributed by atoms with Crippen LogP contribution in [0.4, 0.5) is 0 Å². The zero-order valence-corrected chi connectivity index (χ0v) is 8.13. The average molecular weight is 180 g/mol. The fourth-order valence-electron chi connectivity index (χ4n) is 1.08. The topological polar surface area (TPSA) is 33.3 Å². The van der Waals surface area contributed by atoms with Gasteiger partial charge in [-0.25, -0.2) is 0 Å². The van der Waals surface area contributed by atoms with Gasteiger partial charge in [0.25, 0.3) is 0 Å². The first kappa shape index (κ1) is 10.0. The summed E-state index contributed by atoms with van der Waals surface area (Å²) in [6, 6.07) is 8.05. The van der Waals surface area contributed by atoms with E-state index in [9.17, 15) is 0 Å². The van der Waals surface area contributed by atoms with E-state index in [1.807, 2.05) is 19.2 Å². The number of hydrogen-bond acceptors (Lipinski definition) is 3. The number of rotatable bonds is 5. The monoisotopic (exact) mass is 180 g/mol. The average Bonchev–Trinajstić information content (AvgIpc) is 2.19. The number of nitrogens with one attached hydrogen (secondary N) is 2. The highest BCUT2D eigenvalue weighted by atomic mass is 16.5. The molecule has 0 unspecified atom stereocenters. The van der Waals surface area contributed by atoms with E-state index in [4.69, 9.17) is 4.74 Å². The van der Waals surface area contributed by atoms with Crippen molar-refractivity contribution in [2.45, 2.75) is 6.54 Å². The molecule has 0 spiro atoms. The number of ether oxygens (including phenoxy) is 1. The predicted molar refractivity (Wildman–Crippen MR) is 53.8 cm³/mol. The van der Waals surface area contributed by atoms with Gasteiger partial charge in [0.1, 0.15) is 5.75 Å². The number of hydrogen-bond donors (Lipinski definition) is 2. The quantitative estimate of drug-likeness (QED) is 0.523. The molecule has 0 atom stereocenters. The molecule has 0 aliphatic heterocycles. The van der Waals surface area contributed by atoms with Crippen LogP contribution in [0.5, 0.6) is 5.75 Å². The van der Waals surface area contributed by atoms with Gasteiger partial charge in [-0.05, 0) is 24.7 Å². The lowest BCUT2D eigenvalue weighted by Crippen LogP contribution is -2.25. The molecule has 0 saturated heterocycles. The second-order valence-electron chi connectivity index (χ2n) is 2.81. The summed E-state index contributed by atoms with van der Waals surface area (Å²) in [6.07, 6.45) is 0.